The number of methoxy groups -OCH3 is 2. The second kappa shape index (κ2) is 10.5. The van der Waals surface area contributed by atoms with Gasteiger partial charge in [-0.05, 0) is 42.5 Å². The topological polar surface area (TPSA) is 79.9 Å². The molecule has 0 saturated carbocycles. The summed E-state index contributed by atoms with van der Waals surface area (Å²) in [5.74, 6) is 1.15. The zero-order valence-corrected chi connectivity index (χ0v) is 18.8. The number of anilines is 1. The van der Waals surface area contributed by atoms with E-state index in [-0.39, 0.29) is 5.91 Å². The van der Waals surface area contributed by atoms with Crippen molar-refractivity contribution in [2.75, 3.05) is 33.1 Å². The van der Waals surface area contributed by atoms with E-state index in [4.69, 9.17) is 9.47 Å². The molecular formula is C25H29N3O4. The summed E-state index contributed by atoms with van der Waals surface area (Å²) in [7, 11) is 4.91. The van der Waals surface area contributed by atoms with Gasteiger partial charge in [0.1, 0.15) is 6.04 Å². The van der Waals surface area contributed by atoms with Crippen LogP contribution in [0.15, 0.2) is 60.7 Å². The summed E-state index contributed by atoms with van der Waals surface area (Å²) in [4.78, 5) is 26.8. The number of rotatable bonds is 8. The lowest BCUT2D eigenvalue weighted by atomic mass is 10.1. The highest BCUT2D eigenvalue weighted by Crippen LogP contribution is 2.27. The average Bonchev–Trinajstić information content (AvgIpc) is 2.81. The van der Waals surface area contributed by atoms with Crippen molar-refractivity contribution in [3.63, 3.8) is 0 Å². The lowest BCUT2D eigenvalue weighted by molar-refractivity contribution is -0.131. The van der Waals surface area contributed by atoms with Gasteiger partial charge >= 0.3 is 6.03 Å². The number of carbonyl (C=O) groups is 2. The van der Waals surface area contributed by atoms with E-state index in [1.807, 2.05) is 60.7 Å². The van der Waals surface area contributed by atoms with Crippen molar-refractivity contribution in [3.8, 4) is 11.5 Å². The van der Waals surface area contributed by atoms with Gasteiger partial charge in [0.2, 0.25) is 5.91 Å². The molecule has 0 aliphatic heterocycles. The highest BCUT2D eigenvalue weighted by molar-refractivity contribution is 6.02. The van der Waals surface area contributed by atoms with E-state index < -0.39 is 12.1 Å². The van der Waals surface area contributed by atoms with Gasteiger partial charge in [0.05, 0.1) is 19.9 Å². The number of hydrogen-bond acceptors (Lipinski definition) is 4. The summed E-state index contributed by atoms with van der Waals surface area (Å²) in [5, 5.41) is 7.54. The van der Waals surface area contributed by atoms with Crippen LogP contribution in [0.25, 0.3) is 10.8 Å². The van der Waals surface area contributed by atoms with E-state index in [1.54, 1.807) is 33.1 Å². The van der Waals surface area contributed by atoms with Crippen molar-refractivity contribution in [2.24, 2.45) is 0 Å². The van der Waals surface area contributed by atoms with Crippen LogP contribution < -0.4 is 20.1 Å². The zero-order chi connectivity index (χ0) is 23.1. The highest BCUT2D eigenvalue weighted by Gasteiger charge is 2.20. The van der Waals surface area contributed by atoms with Crippen LogP contribution in [0, 0.1) is 0 Å². The number of nitrogens with zero attached hydrogens (tertiary/aromatic N) is 1. The number of fused-ring (bicyclic) bond motifs is 1. The minimum absolute atomic E-state index is 0.168. The Balaban J connectivity index is 1.54. The minimum Gasteiger partial charge on any atom is -0.493 e. The van der Waals surface area contributed by atoms with Crippen molar-refractivity contribution < 1.29 is 19.1 Å². The standard InChI is InChI=1S/C25H29N3O4/c1-17(26-25(30)27-21-11-7-9-19-8-5-6-10-20(19)21)24(29)28(2)15-14-18-12-13-22(31-3)23(16-18)32-4/h5-13,16-17H,14-15H2,1-4H3,(H2,26,27,30). The molecule has 0 heterocycles. The number of hydrogen-bond donors (Lipinski definition) is 2. The molecule has 3 aromatic carbocycles. The molecule has 0 saturated heterocycles. The molecule has 32 heavy (non-hydrogen) atoms. The Kier molecular flexibility index (Phi) is 7.54. The van der Waals surface area contributed by atoms with Crippen LogP contribution in [0.5, 0.6) is 11.5 Å². The van der Waals surface area contributed by atoms with Gasteiger partial charge in [-0.25, -0.2) is 4.79 Å². The fraction of sp³-hybridized carbons (Fsp3) is 0.280. The number of likely N-dealkylation sites (N-methyl/N-ethyl adjacent to an activating group) is 1. The maximum atomic E-state index is 12.7. The van der Waals surface area contributed by atoms with Crippen LogP contribution in [-0.4, -0.2) is 50.7 Å². The predicted octanol–water partition coefficient (Wildman–Crippen LogP) is 4.07. The van der Waals surface area contributed by atoms with E-state index in [9.17, 15) is 9.59 Å². The third-order valence-electron chi connectivity index (χ3n) is 5.32. The molecule has 1 atom stereocenters. The van der Waals surface area contributed by atoms with Gasteiger partial charge in [-0.15, -0.1) is 0 Å². The van der Waals surface area contributed by atoms with Crippen molar-refractivity contribution in [3.05, 3.63) is 66.2 Å². The second-order valence-corrected chi connectivity index (χ2v) is 7.55. The Bertz CT molecular complexity index is 1090. The normalized spacial score (nSPS) is 11.5. The summed E-state index contributed by atoms with van der Waals surface area (Å²) in [6, 6.07) is 18.1. The van der Waals surface area contributed by atoms with Crippen LogP contribution in [0.1, 0.15) is 12.5 Å². The first-order valence-corrected chi connectivity index (χ1v) is 10.4. The summed E-state index contributed by atoms with van der Waals surface area (Å²) >= 11 is 0. The monoisotopic (exact) mass is 435 g/mol. The summed E-state index contributed by atoms with van der Waals surface area (Å²) in [6.45, 7) is 2.18. The average molecular weight is 436 g/mol. The van der Waals surface area contributed by atoms with E-state index in [2.05, 4.69) is 10.6 Å². The molecule has 0 aromatic heterocycles. The van der Waals surface area contributed by atoms with Crippen molar-refractivity contribution in [1.29, 1.82) is 0 Å². The van der Waals surface area contributed by atoms with Gasteiger partial charge < -0.3 is 25.0 Å². The lowest BCUT2D eigenvalue weighted by Gasteiger charge is -2.22. The van der Waals surface area contributed by atoms with Gasteiger partial charge in [0.25, 0.3) is 0 Å². The number of urea groups is 1. The maximum Gasteiger partial charge on any atom is 0.319 e. The molecular weight excluding hydrogens is 406 g/mol. The molecule has 0 aliphatic carbocycles. The van der Waals surface area contributed by atoms with Crippen LogP contribution in [0.3, 0.4) is 0 Å². The van der Waals surface area contributed by atoms with E-state index in [0.29, 0.717) is 30.2 Å². The molecule has 168 valence electrons. The maximum absolute atomic E-state index is 12.7. The predicted molar refractivity (Wildman–Crippen MR) is 126 cm³/mol. The van der Waals surface area contributed by atoms with Gasteiger partial charge in [0, 0.05) is 19.0 Å². The molecule has 0 bridgehead atoms. The Morgan fingerprint density at radius 1 is 0.969 bits per heavy atom. The number of amides is 3. The van der Waals surface area contributed by atoms with E-state index in [1.165, 1.54) is 0 Å². The molecule has 7 nitrogen and oxygen atoms in total. The molecule has 3 rings (SSSR count). The van der Waals surface area contributed by atoms with Gasteiger partial charge in [-0.1, -0.05) is 42.5 Å². The Labute approximate surface area is 188 Å². The quantitative estimate of drug-likeness (QED) is 0.559. The fourth-order valence-corrected chi connectivity index (χ4v) is 3.52. The Morgan fingerprint density at radius 3 is 2.44 bits per heavy atom. The Morgan fingerprint density at radius 2 is 1.69 bits per heavy atom. The summed E-state index contributed by atoms with van der Waals surface area (Å²) in [5.41, 5.74) is 1.72. The first-order valence-electron chi connectivity index (χ1n) is 10.4. The summed E-state index contributed by atoms with van der Waals surface area (Å²) in [6.07, 6.45) is 0.650. The van der Waals surface area contributed by atoms with Gasteiger partial charge in [0.15, 0.2) is 11.5 Å². The van der Waals surface area contributed by atoms with E-state index >= 15 is 0 Å². The second-order valence-electron chi connectivity index (χ2n) is 7.55. The Hall–Kier alpha value is -3.74. The van der Waals surface area contributed by atoms with Crippen molar-refractivity contribution in [1.82, 2.24) is 10.2 Å². The fourth-order valence-electron chi connectivity index (χ4n) is 3.52. The molecule has 0 spiro atoms. The van der Waals surface area contributed by atoms with Crippen LogP contribution in [0.2, 0.25) is 0 Å². The largest absolute Gasteiger partial charge is 0.493 e. The minimum atomic E-state index is -0.666. The smallest absolute Gasteiger partial charge is 0.319 e. The van der Waals surface area contributed by atoms with Crippen LogP contribution >= 0.6 is 0 Å². The first-order chi connectivity index (χ1) is 15.4. The number of carbonyl (C=O) groups excluding carboxylic acids is 2. The molecule has 0 fully saturated rings. The van der Waals surface area contributed by atoms with Crippen LogP contribution in [0.4, 0.5) is 10.5 Å². The lowest BCUT2D eigenvalue weighted by Crippen LogP contribution is -2.47. The highest BCUT2D eigenvalue weighted by atomic mass is 16.5. The molecule has 1 unspecified atom stereocenters. The zero-order valence-electron chi connectivity index (χ0n) is 18.8. The van der Waals surface area contributed by atoms with E-state index in [0.717, 1.165) is 16.3 Å². The first kappa shape index (κ1) is 22.9. The number of benzene rings is 3. The van der Waals surface area contributed by atoms with Gasteiger partial charge in [-0.2, -0.15) is 0 Å². The number of nitrogens with one attached hydrogen (secondary N) is 2. The van der Waals surface area contributed by atoms with Crippen molar-refractivity contribution in [2.45, 2.75) is 19.4 Å². The molecule has 2 N–H and O–H groups in total. The molecule has 0 radical (unpaired) electrons. The third-order valence-corrected chi connectivity index (χ3v) is 5.32. The third kappa shape index (κ3) is 5.49. The number of ether oxygens (including phenoxy) is 2. The molecule has 7 heteroatoms. The molecule has 0 aliphatic rings. The summed E-state index contributed by atoms with van der Waals surface area (Å²) < 4.78 is 10.6. The molecule has 3 aromatic rings. The van der Waals surface area contributed by atoms with Crippen molar-refractivity contribution >= 4 is 28.4 Å². The molecule has 3 amide bonds. The van der Waals surface area contributed by atoms with Crippen LogP contribution in [-0.2, 0) is 11.2 Å². The SMILES string of the molecule is COc1ccc(CCN(C)C(=O)C(C)NC(=O)Nc2cccc3ccccc23)cc1OC. The van der Waals surface area contributed by atoms with Gasteiger partial charge in [-0.3, -0.25) is 4.79 Å².